The van der Waals surface area contributed by atoms with Crippen molar-refractivity contribution in [3.8, 4) is 0 Å². The highest BCUT2D eigenvalue weighted by Gasteiger charge is 2.29. The fraction of sp³-hybridized carbons (Fsp3) is 0.643. The van der Waals surface area contributed by atoms with E-state index in [-0.39, 0.29) is 5.56 Å². The third-order valence-corrected chi connectivity index (χ3v) is 4.29. The molecule has 1 N–H and O–H groups in total. The summed E-state index contributed by atoms with van der Waals surface area (Å²) in [5.74, 6) is -0.946. The van der Waals surface area contributed by atoms with E-state index < -0.39 is 5.97 Å². The fourth-order valence-electron chi connectivity index (χ4n) is 3.30. The summed E-state index contributed by atoms with van der Waals surface area (Å²) >= 11 is 0. The Morgan fingerprint density at radius 3 is 3.05 bits per heavy atom. The Morgan fingerprint density at radius 1 is 1.35 bits per heavy atom. The highest BCUT2D eigenvalue weighted by atomic mass is 16.4. The minimum atomic E-state index is -0.946. The first-order chi connectivity index (χ1) is 9.74. The molecule has 0 saturated carbocycles. The zero-order valence-electron chi connectivity index (χ0n) is 11.5. The number of carboxylic acids is 1. The van der Waals surface area contributed by atoms with E-state index in [4.69, 9.17) is 0 Å². The average Bonchev–Trinajstić information content (AvgIpc) is 2.78. The van der Waals surface area contributed by atoms with E-state index in [0.717, 1.165) is 26.1 Å². The first kappa shape index (κ1) is 13.5. The van der Waals surface area contributed by atoms with Gasteiger partial charge in [-0.15, -0.1) is 0 Å². The second-order valence-corrected chi connectivity index (χ2v) is 5.61. The Labute approximate surface area is 118 Å². The SMILES string of the molecule is O=C(O)c1cncnc1CN1CCCN2CCCC2C1. The molecule has 3 heterocycles. The highest BCUT2D eigenvalue weighted by Crippen LogP contribution is 2.22. The van der Waals surface area contributed by atoms with Crippen LogP contribution in [0.15, 0.2) is 12.5 Å². The van der Waals surface area contributed by atoms with Crippen LogP contribution in [0.5, 0.6) is 0 Å². The van der Waals surface area contributed by atoms with Crippen LogP contribution in [-0.2, 0) is 6.54 Å². The van der Waals surface area contributed by atoms with Gasteiger partial charge in [-0.25, -0.2) is 14.8 Å². The Hall–Kier alpha value is -1.53. The lowest BCUT2D eigenvalue weighted by Gasteiger charge is -2.25. The number of nitrogens with zero attached hydrogens (tertiary/aromatic N) is 4. The van der Waals surface area contributed by atoms with Crippen molar-refractivity contribution in [3.05, 3.63) is 23.8 Å². The van der Waals surface area contributed by atoms with E-state index in [1.807, 2.05) is 0 Å². The van der Waals surface area contributed by atoms with Crippen molar-refractivity contribution in [2.24, 2.45) is 0 Å². The summed E-state index contributed by atoms with van der Waals surface area (Å²) in [5.41, 5.74) is 0.846. The van der Waals surface area contributed by atoms with Crippen LogP contribution >= 0.6 is 0 Å². The van der Waals surface area contributed by atoms with Crippen molar-refractivity contribution in [1.82, 2.24) is 19.8 Å². The predicted octanol–water partition coefficient (Wildman–Crippen LogP) is 0.845. The summed E-state index contributed by atoms with van der Waals surface area (Å²) < 4.78 is 0. The van der Waals surface area contributed by atoms with Crippen LogP contribution in [0.4, 0.5) is 0 Å². The van der Waals surface area contributed by atoms with Crippen LogP contribution in [0.2, 0.25) is 0 Å². The molecule has 3 rings (SSSR count). The zero-order chi connectivity index (χ0) is 13.9. The number of hydrogen-bond acceptors (Lipinski definition) is 5. The topological polar surface area (TPSA) is 69.6 Å². The van der Waals surface area contributed by atoms with E-state index >= 15 is 0 Å². The molecule has 6 heteroatoms. The molecule has 2 fully saturated rings. The molecule has 0 radical (unpaired) electrons. The third-order valence-electron chi connectivity index (χ3n) is 4.29. The molecule has 1 aromatic heterocycles. The number of carbonyl (C=O) groups is 1. The molecule has 108 valence electrons. The van der Waals surface area contributed by atoms with E-state index in [1.54, 1.807) is 0 Å². The largest absolute Gasteiger partial charge is 0.478 e. The van der Waals surface area contributed by atoms with Gasteiger partial charge in [-0.1, -0.05) is 0 Å². The van der Waals surface area contributed by atoms with Crippen molar-refractivity contribution < 1.29 is 9.90 Å². The molecule has 2 saturated heterocycles. The Bertz CT molecular complexity index is 494. The van der Waals surface area contributed by atoms with Gasteiger partial charge in [0.25, 0.3) is 0 Å². The summed E-state index contributed by atoms with van der Waals surface area (Å²) in [6.45, 7) is 5.01. The quantitative estimate of drug-likeness (QED) is 0.882. The van der Waals surface area contributed by atoms with Gasteiger partial charge in [-0.2, -0.15) is 0 Å². The van der Waals surface area contributed by atoms with E-state index in [9.17, 15) is 9.90 Å². The second-order valence-electron chi connectivity index (χ2n) is 5.61. The molecule has 0 bridgehead atoms. The molecule has 0 aromatic carbocycles. The minimum absolute atomic E-state index is 0.222. The van der Waals surface area contributed by atoms with Gasteiger partial charge in [-0.3, -0.25) is 9.80 Å². The molecular weight excluding hydrogens is 256 g/mol. The molecule has 1 aromatic rings. The van der Waals surface area contributed by atoms with Crippen molar-refractivity contribution in [3.63, 3.8) is 0 Å². The molecule has 6 nitrogen and oxygen atoms in total. The van der Waals surface area contributed by atoms with E-state index in [0.29, 0.717) is 18.3 Å². The minimum Gasteiger partial charge on any atom is -0.478 e. The molecule has 1 unspecified atom stereocenters. The van der Waals surface area contributed by atoms with Gasteiger partial charge in [0.1, 0.15) is 11.9 Å². The predicted molar refractivity (Wildman–Crippen MR) is 73.5 cm³/mol. The first-order valence-electron chi connectivity index (χ1n) is 7.22. The lowest BCUT2D eigenvalue weighted by Crippen LogP contribution is -2.36. The normalized spacial score (nSPS) is 24.3. The van der Waals surface area contributed by atoms with Gasteiger partial charge < -0.3 is 5.11 Å². The molecule has 20 heavy (non-hydrogen) atoms. The van der Waals surface area contributed by atoms with Gasteiger partial charge in [0.05, 0.1) is 5.69 Å². The van der Waals surface area contributed by atoms with Gasteiger partial charge in [0, 0.05) is 25.3 Å². The summed E-state index contributed by atoms with van der Waals surface area (Å²) in [7, 11) is 0. The zero-order valence-corrected chi connectivity index (χ0v) is 11.5. The van der Waals surface area contributed by atoms with Crippen LogP contribution in [0.1, 0.15) is 35.3 Å². The summed E-state index contributed by atoms with van der Waals surface area (Å²) in [6, 6.07) is 0.632. The number of hydrogen-bond donors (Lipinski definition) is 1. The maximum absolute atomic E-state index is 11.2. The Balaban J connectivity index is 1.72. The summed E-state index contributed by atoms with van der Waals surface area (Å²) in [6.07, 6.45) is 6.51. The van der Waals surface area contributed by atoms with Crippen LogP contribution in [-0.4, -0.2) is 63.1 Å². The Morgan fingerprint density at radius 2 is 2.20 bits per heavy atom. The number of fused-ring (bicyclic) bond motifs is 1. The van der Waals surface area contributed by atoms with Crippen molar-refractivity contribution >= 4 is 5.97 Å². The van der Waals surface area contributed by atoms with E-state index in [2.05, 4.69) is 19.8 Å². The van der Waals surface area contributed by atoms with Crippen LogP contribution in [0.3, 0.4) is 0 Å². The van der Waals surface area contributed by atoms with Gasteiger partial charge >= 0.3 is 5.97 Å². The standard InChI is InChI=1S/C14H20N4O2/c19-14(20)12-7-15-10-16-13(12)9-17-4-2-6-18-5-1-3-11(18)8-17/h7,10-11H,1-6,8-9H2,(H,19,20). The highest BCUT2D eigenvalue weighted by molar-refractivity contribution is 5.88. The summed E-state index contributed by atoms with van der Waals surface area (Å²) in [4.78, 5) is 24.1. The number of aromatic nitrogens is 2. The fourth-order valence-corrected chi connectivity index (χ4v) is 3.30. The summed E-state index contributed by atoms with van der Waals surface area (Å²) in [5, 5.41) is 9.19. The van der Waals surface area contributed by atoms with Crippen LogP contribution in [0.25, 0.3) is 0 Å². The van der Waals surface area contributed by atoms with Gasteiger partial charge in [0.2, 0.25) is 0 Å². The number of carboxylic acid groups (broad SMARTS) is 1. The number of aromatic carboxylic acids is 1. The molecule has 1 atom stereocenters. The second kappa shape index (κ2) is 5.85. The lowest BCUT2D eigenvalue weighted by atomic mass is 10.2. The van der Waals surface area contributed by atoms with Gasteiger partial charge in [0.15, 0.2) is 0 Å². The van der Waals surface area contributed by atoms with Crippen molar-refractivity contribution in [1.29, 1.82) is 0 Å². The molecule has 2 aliphatic rings. The monoisotopic (exact) mass is 276 g/mol. The molecule has 2 aliphatic heterocycles. The molecule has 0 amide bonds. The van der Waals surface area contributed by atoms with E-state index in [1.165, 1.54) is 31.9 Å². The van der Waals surface area contributed by atoms with Crippen LogP contribution < -0.4 is 0 Å². The first-order valence-corrected chi connectivity index (χ1v) is 7.22. The maximum atomic E-state index is 11.2. The Kier molecular flexibility index (Phi) is 3.93. The maximum Gasteiger partial charge on any atom is 0.339 e. The third kappa shape index (κ3) is 2.81. The number of rotatable bonds is 3. The molecule has 0 aliphatic carbocycles. The molecular formula is C14H20N4O2. The van der Waals surface area contributed by atoms with Gasteiger partial charge in [-0.05, 0) is 38.9 Å². The average molecular weight is 276 g/mol. The smallest absolute Gasteiger partial charge is 0.339 e. The van der Waals surface area contributed by atoms with Crippen molar-refractivity contribution in [2.75, 3.05) is 26.2 Å². The van der Waals surface area contributed by atoms with Crippen LogP contribution in [0, 0.1) is 0 Å². The van der Waals surface area contributed by atoms with Crippen molar-refractivity contribution in [2.45, 2.75) is 31.8 Å². The lowest BCUT2D eigenvalue weighted by molar-refractivity contribution is 0.0693. The molecule has 0 spiro atoms.